The van der Waals surface area contributed by atoms with Crippen LogP contribution in [-0.2, 0) is 4.79 Å². The molecule has 24 heavy (non-hydrogen) atoms. The lowest BCUT2D eigenvalue weighted by molar-refractivity contribution is -0.113. The van der Waals surface area contributed by atoms with Gasteiger partial charge in [0, 0.05) is 10.5 Å². The first-order valence-corrected chi connectivity index (χ1v) is 9.00. The molecule has 7 heteroatoms. The van der Waals surface area contributed by atoms with Gasteiger partial charge in [0.1, 0.15) is 0 Å². The van der Waals surface area contributed by atoms with Crippen molar-refractivity contribution in [3.63, 3.8) is 0 Å². The summed E-state index contributed by atoms with van der Waals surface area (Å²) >= 11 is 13.4. The fraction of sp³-hybridized carbons (Fsp3) is 0.176. The molecule has 1 aliphatic heterocycles. The first-order chi connectivity index (χ1) is 11.4. The number of rotatable bonds is 3. The second kappa shape index (κ2) is 7.05. The molecule has 2 N–H and O–H groups in total. The van der Waals surface area contributed by atoms with Crippen molar-refractivity contribution in [3.05, 3.63) is 57.6 Å². The third-order valence-corrected chi connectivity index (χ3v) is 5.48. The average molecular weight is 381 g/mol. The number of hydrogen-bond donors (Lipinski definition) is 2. The summed E-state index contributed by atoms with van der Waals surface area (Å²) < 4.78 is 0. The van der Waals surface area contributed by atoms with Gasteiger partial charge in [-0.25, -0.2) is 0 Å². The molecule has 1 unspecified atom stereocenters. The van der Waals surface area contributed by atoms with Crippen molar-refractivity contribution in [2.45, 2.75) is 17.9 Å². The van der Waals surface area contributed by atoms with Gasteiger partial charge in [0.05, 0.1) is 27.5 Å². The lowest BCUT2D eigenvalue weighted by Crippen LogP contribution is -2.27. The Labute approximate surface area is 153 Å². The third-order valence-electron chi connectivity index (χ3n) is 3.67. The zero-order valence-corrected chi connectivity index (χ0v) is 15.1. The summed E-state index contributed by atoms with van der Waals surface area (Å²) in [7, 11) is 0. The SMILES string of the molecule is CC(NC(=O)c1ccc2c(c1)NC(=O)CS2)c1ccc(Cl)c(Cl)c1. The highest BCUT2D eigenvalue weighted by Crippen LogP contribution is 2.32. The Hall–Kier alpha value is -1.69. The van der Waals surface area contributed by atoms with E-state index in [1.54, 1.807) is 24.3 Å². The Morgan fingerprint density at radius 3 is 2.75 bits per heavy atom. The molecule has 2 amide bonds. The summed E-state index contributed by atoms with van der Waals surface area (Å²) in [5.41, 5.74) is 2.02. The molecule has 3 rings (SSSR count). The van der Waals surface area contributed by atoms with E-state index in [-0.39, 0.29) is 17.9 Å². The van der Waals surface area contributed by atoms with Crippen LogP contribution in [0.15, 0.2) is 41.3 Å². The molecule has 0 saturated heterocycles. The standard InChI is InChI=1S/C17H14Cl2N2O2S/c1-9(10-2-4-12(18)13(19)6-10)20-17(23)11-3-5-15-14(7-11)21-16(22)8-24-15/h2-7,9H,8H2,1H3,(H,20,23)(H,21,22). The molecule has 0 fully saturated rings. The molecule has 4 nitrogen and oxygen atoms in total. The minimum Gasteiger partial charge on any atom is -0.346 e. The van der Waals surface area contributed by atoms with Crippen LogP contribution >= 0.6 is 35.0 Å². The van der Waals surface area contributed by atoms with Gasteiger partial charge < -0.3 is 10.6 Å². The van der Waals surface area contributed by atoms with E-state index in [4.69, 9.17) is 23.2 Å². The van der Waals surface area contributed by atoms with E-state index < -0.39 is 0 Å². The first-order valence-electron chi connectivity index (χ1n) is 7.26. The van der Waals surface area contributed by atoms with Crippen LogP contribution in [0.1, 0.15) is 28.9 Å². The number of anilines is 1. The van der Waals surface area contributed by atoms with Gasteiger partial charge >= 0.3 is 0 Å². The molecule has 0 saturated carbocycles. The van der Waals surface area contributed by atoms with Crippen molar-refractivity contribution >= 4 is 52.5 Å². The second-order valence-corrected chi connectivity index (χ2v) is 7.25. The Kier molecular flexibility index (Phi) is 5.04. The van der Waals surface area contributed by atoms with Crippen LogP contribution in [0.4, 0.5) is 5.69 Å². The van der Waals surface area contributed by atoms with Gasteiger partial charge in [-0.2, -0.15) is 0 Å². The summed E-state index contributed by atoms with van der Waals surface area (Å²) in [6, 6.07) is 10.3. The van der Waals surface area contributed by atoms with E-state index in [1.807, 2.05) is 19.1 Å². The number of thioether (sulfide) groups is 1. The fourth-order valence-corrected chi connectivity index (χ4v) is 3.46. The molecule has 1 aliphatic rings. The van der Waals surface area contributed by atoms with Gasteiger partial charge in [0.15, 0.2) is 0 Å². The Balaban J connectivity index is 1.76. The molecular weight excluding hydrogens is 367 g/mol. The Morgan fingerprint density at radius 1 is 1.21 bits per heavy atom. The van der Waals surface area contributed by atoms with Crippen molar-refractivity contribution < 1.29 is 9.59 Å². The molecule has 0 spiro atoms. The average Bonchev–Trinajstić information content (AvgIpc) is 2.56. The summed E-state index contributed by atoms with van der Waals surface area (Å²) in [6.45, 7) is 1.87. The second-order valence-electron chi connectivity index (χ2n) is 5.42. The van der Waals surface area contributed by atoms with E-state index in [0.717, 1.165) is 10.5 Å². The van der Waals surface area contributed by atoms with Crippen LogP contribution in [0.5, 0.6) is 0 Å². The highest BCUT2D eigenvalue weighted by Gasteiger charge is 2.18. The van der Waals surface area contributed by atoms with E-state index in [9.17, 15) is 9.59 Å². The van der Waals surface area contributed by atoms with Crippen LogP contribution in [-0.4, -0.2) is 17.6 Å². The predicted molar refractivity (Wildman–Crippen MR) is 98.1 cm³/mol. The minimum atomic E-state index is -0.229. The zero-order valence-electron chi connectivity index (χ0n) is 12.7. The van der Waals surface area contributed by atoms with Crippen molar-refractivity contribution in [2.24, 2.45) is 0 Å². The van der Waals surface area contributed by atoms with E-state index in [2.05, 4.69) is 10.6 Å². The number of amides is 2. The number of hydrogen-bond acceptors (Lipinski definition) is 3. The van der Waals surface area contributed by atoms with Gasteiger partial charge in [0.25, 0.3) is 5.91 Å². The molecule has 1 atom stereocenters. The number of carbonyl (C=O) groups excluding carboxylic acids is 2. The maximum absolute atomic E-state index is 12.5. The maximum Gasteiger partial charge on any atom is 0.251 e. The molecule has 0 bridgehead atoms. The molecule has 1 heterocycles. The Bertz CT molecular complexity index is 826. The number of fused-ring (bicyclic) bond motifs is 1. The Morgan fingerprint density at radius 2 is 2.00 bits per heavy atom. The van der Waals surface area contributed by atoms with Gasteiger partial charge in [-0.15, -0.1) is 11.8 Å². The first kappa shape index (κ1) is 17.1. The van der Waals surface area contributed by atoms with Crippen LogP contribution in [0.3, 0.4) is 0 Å². The molecule has 2 aromatic carbocycles. The number of carbonyl (C=O) groups is 2. The van der Waals surface area contributed by atoms with Gasteiger partial charge in [0.2, 0.25) is 5.91 Å². The number of benzene rings is 2. The quantitative estimate of drug-likeness (QED) is 0.822. The van der Waals surface area contributed by atoms with Crippen molar-refractivity contribution in [1.82, 2.24) is 5.32 Å². The van der Waals surface area contributed by atoms with Gasteiger partial charge in [-0.1, -0.05) is 29.3 Å². The summed E-state index contributed by atoms with van der Waals surface area (Å²) in [4.78, 5) is 24.9. The topological polar surface area (TPSA) is 58.2 Å². The molecule has 2 aromatic rings. The lowest BCUT2D eigenvalue weighted by Gasteiger charge is -2.18. The zero-order chi connectivity index (χ0) is 17.3. The van der Waals surface area contributed by atoms with E-state index in [0.29, 0.717) is 27.0 Å². The fourth-order valence-electron chi connectivity index (χ4n) is 2.37. The highest BCUT2D eigenvalue weighted by atomic mass is 35.5. The normalized spacial score (nSPS) is 14.5. The molecule has 0 aliphatic carbocycles. The summed E-state index contributed by atoms with van der Waals surface area (Å²) in [6.07, 6.45) is 0. The maximum atomic E-state index is 12.5. The smallest absolute Gasteiger partial charge is 0.251 e. The largest absolute Gasteiger partial charge is 0.346 e. The molecule has 124 valence electrons. The van der Waals surface area contributed by atoms with Crippen LogP contribution in [0, 0.1) is 0 Å². The van der Waals surface area contributed by atoms with Crippen molar-refractivity contribution in [3.8, 4) is 0 Å². The molecule has 0 aromatic heterocycles. The van der Waals surface area contributed by atoms with Crippen molar-refractivity contribution in [2.75, 3.05) is 11.1 Å². The van der Waals surface area contributed by atoms with E-state index >= 15 is 0 Å². The highest BCUT2D eigenvalue weighted by molar-refractivity contribution is 8.00. The number of halogens is 2. The van der Waals surface area contributed by atoms with Crippen LogP contribution < -0.4 is 10.6 Å². The summed E-state index contributed by atoms with van der Waals surface area (Å²) in [5, 5.41) is 6.62. The number of nitrogens with one attached hydrogen (secondary N) is 2. The summed E-state index contributed by atoms with van der Waals surface area (Å²) in [5.74, 6) is 0.114. The van der Waals surface area contributed by atoms with Crippen molar-refractivity contribution in [1.29, 1.82) is 0 Å². The lowest BCUT2D eigenvalue weighted by atomic mass is 10.1. The van der Waals surface area contributed by atoms with Crippen LogP contribution in [0.2, 0.25) is 10.0 Å². The van der Waals surface area contributed by atoms with E-state index in [1.165, 1.54) is 11.8 Å². The predicted octanol–water partition coefficient (Wildman–Crippen LogP) is 4.53. The van der Waals surface area contributed by atoms with Crippen LogP contribution in [0.25, 0.3) is 0 Å². The van der Waals surface area contributed by atoms with Gasteiger partial charge in [-0.05, 0) is 42.8 Å². The molecular formula is C17H14Cl2N2O2S. The minimum absolute atomic E-state index is 0.0609. The van der Waals surface area contributed by atoms with Gasteiger partial charge in [-0.3, -0.25) is 9.59 Å². The molecule has 0 radical (unpaired) electrons. The monoisotopic (exact) mass is 380 g/mol. The third kappa shape index (κ3) is 3.69.